The Bertz CT molecular complexity index is 661. The minimum Gasteiger partial charge on any atom is -0.432 e. The molecule has 1 heterocycles. The second-order valence-electron chi connectivity index (χ2n) is 8.21. The number of carbonyl (C=O) groups is 1. The van der Waals surface area contributed by atoms with Gasteiger partial charge in [-0.1, -0.05) is 52.8 Å². The van der Waals surface area contributed by atoms with E-state index in [0.29, 0.717) is 5.75 Å². The molecule has 0 amide bonds. The lowest BCUT2D eigenvalue weighted by molar-refractivity contribution is -0.289. The van der Waals surface area contributed by atoms with Crippen molar-refractivity contribution in [2.75, 3.05) is 19.8 Å². The molecule has 2 unspecified atom stereocenters. The number of hydrogen-bond donors (Lipinski definition) is 3. The third kappa shape index (κ3) is 5.92. The smallest absolute Gasteiger partial charge is 0.432 e. The maximum atomic E-state index is 12.2. The fourth-order valence-corrected chi connectivity index (χ4v) is 3.42. The van der Waals surface area contributed by atoms with Crippen LogP contribution in [0.4, 0.5) is 4.79 Å². The average molecular weight is 427 g/mol. The molecule has 1 aromatic rings. The molecule has 1 saturated heterocycles. The van der Waals surface area contributed by atoms with Crippen molar-refractivity contribution in [3.63, 3.8) is 0 Å². The van der Waals surface area contributed by atoms with Crippen LogP contribution in [0.2, 0.25) is 0 Å². The van der Waals surface area contributed by atoms with Crippen LogP contribution in [0.3, 0.4) is 0 Å². The number of rotatable bonds is 8. The minimum atomic E-state index is -1.26. The highest BCUT2D eigenvalue weighted by Gasteiger charge is 2.42. The van der Waals surface area contributed by atoms with Gasteiger partial charge in [-0.3, -0.25) is 0 Å². The highest BCUT2D eigenvalue weighted by molar-refractivity contribution is 5.66. The molecule has 170 valence electrons. The lowest BCUT2D eigenvalue weighted by atomic mass is 9.91. The summed E-state index contributed by atoms with van der Waals surface area (Å²) < 4.78 is 21.5. The molecular weight excluding hydrogens is 392 g/mol. The topological polar surface area (TPSA) is 115 Å². The van der Waals surface area contributed by atoms with E-state index in [1.807, 2.05) is 45.9 Å². The number of ether oxygens (including phenoxy) is 4. The van der Waals surface area contributed by atoms with Crippen molar-refractivity contribution in [1.29, 1.82) is 0 Å². The lowest BCUT2D eigenvalue weighted by Gasteiger charge is -2.40. The van der Waals surface area contributed by atoms with E-state index in [2.05, 4.69) is 0 Å². The Morgan fingerprint density at radius 3 is 2.20 bits per heavy atom. The first-order valence-electron chi connectivity index (χ1n) is 10.4. The maximum Gasteiger partial charge on any atom is 0.513 e. The zero-order valence-corrected chi connectivity index (χ0v) is 18.3. The number of aliphatic hydroxyl groups excluding tert-OH is 3. The van der Waals surface area contributed by atoms with E-state index in [1.54, 1.807) is 6.92 Å². The molecule has 0 radical (unpaired) electrons. The van der Waals surface area contributed by atoms with Crippen LogP contribution in [0, 0.1) is 5.92 Å². The Kier molecular flexibility index (Phi) is 9.06. The summed E-state index contributed by atoms with van der Waals surface area (Å²) in [6.45, 7) is 9.27. The van der Waals surface area contributed by atoms with Crippen LogP contribution in [-0.4, -0.2) is 65.9 Å². The largest absolute Gasteiger partial charge is 0.513 e. The molecular formula is C22H34O8. The molecule has 1 aliphatic rings. The van der Waals surface area contributed by atoms with Crippen molar-refractivity contribution in [2.45, 2.75) is 71.1 Å². The number of aliphatic hydroxyl groups is 3. The first-order valence-corrected chi connectivity index (χ1v) is 10.4. The molecule has 1 aliphatic heterocycles. The molecule has 1 fully saturated rings. The molecule has 0 bridgehead atoms. The van der Waals surface area contributed by atoms with Crippen molar-refractivity contribution in [2.24, 2.45) is 5.92 Å². The van der Waals surface area contributed by atoms with Crippen LogP contribution in [-0.2, 0) is 14.2 Å². The van der Waals surface area contributed by atoms with E-state index >= 15 is 0 Å². The van der Waals surface area contributed by atoms with Gasteiger partial charge in [-0.05, 0) is 23.0 Å². The fraction of sp³-hybridized carbons (Fsp3) is 0.682. The molecule has 0 saturated carbocycles. The molecule has 8 nitrogen and oxygen atoms in total. The molecule has 3 N–H and O–H groups in total. The van der Waals surface area contributed by atoms with Gasteiger partial charge < -0.3 is 34.3 Å². The SMILES string of the molecule is CC(C)c1cccc(C(C)C)c1OC(=O)OCCO[C@H]1OC(CO)[C@@H](C)C(O)[C@H]1O. The van der Waals surface area contributed by atoms with Gasteiger partial charge in [0, 0.05) is 5.92 Å². The Hall–Kier alpha value is -1.71. The predicted octanol–water partition coefficient (Wildman–Crippen LogP) is 2.54. The van der Waals surface area contributed by atoms with E-state index < -0.39 is 36.7 Å². The summed E-state index contributed by atoms with van der Waals surface area (Å²) in [4.78, 5) is 12.2. The molecule has 1 aromatic carbocycles. The quantitative estimate of drug-likeness (QED) is 0.330. The van der Waals surface area contributed by atoms with Crippen molar-refractivity contribution < 1.29 is 39.1 Å². The minimum absolute atomic E-state index is 0.0705. The monoisotopic (exact) mass is 426 g/mol. The molecule has 8 heteroatoms. The second kappa shape index (κ2) is 11.1. The van der Waals surface area contributed by atoms with E-state index in [-0.39, 0.29) is 31.7 Å². The molecule has 0 spiro atoms. The zero-order valence-electron chi connectivity index (χ0n) is 18.3. The molecule has 0 aromatic heterocycles. The van der Waals surface area contributed by atoms with Crippen molar-refractivity contribution >= 4 is 6.16 Å². The Balaban J connectivity index is 1.89. The fourth-order valence-electron chi connectivity index (χ4n) is 3.42. The number of para-hydroxylation sites is 1. The van der Waals surface area contributed by atoms with Gasteiger partial charge in [-0.15, -0.1) is 0 Å². The third-order valence-electron chi connectivity index (χ3n) is 5.33. The van der Waals surface area contributed by atoms with Crippen LogP contribution in [0.15, 0.2) is 18.2 Å². The normalized spacial score (nSPS) is 26.8. The number of hydrogen-bond acceptors (Lipinski definition) is 8. The van der Waals surface area contributed by atoms with Crippen LogP contribution >= 0.6 is 0 Å². The molecule has 5 atom stereocenters. The maximum absolute atomic E-state index is 12.2. The molecule has 30 heavy (non-hydrogen) atoms. The summed E-state index contributed by atoms with van der Waals surface area (Å²) in [7, 11) is 0. The van der Waals surface area contributed by atoms with Crippen LogP contribution in [0.1, 0.15) is 57.6 Å². The van der Waals surface area contributed by atoms with Crippen LogP contribution in [0.25, 0.3) is 0 Å². The van der Waals surface area contributed by atoms with Gasteiger partial charge in [0.2, 0.25) is 0 Å². The predicted molar refractivity (Wildman–Crippen MR) is 109 cm³/mol. The van der Waals surface area contributed by atoms with Gasteiger partial charge >= 0.3 is 6.16 Å². The van der Waals surface area contributed by atoms with Gasteiger partial charge in [0.05, 0.1) is 25.4 Å². The van der Waals surface area contributed by atoms with Gasteiger partial charge in [0.15, 0.2) is 6.29 Å². The average Bonchev–Trinajstić information content (AvgIpc) is 2.70. The van der Waals surface area contributed by atoms with Crippen molar-refractivity contribution in [3.05, 3.63) is 29.3 Å². The number of benzene rings is 1. The highest BCUT2D eigenvalue weighted by Crippen LogP contribution is 2.34. The van der Waals surface area contributed by atoms with Crippen molar-refractivity contribution in [3.8, 4) is 5.75 Å². The van der Waals surface area contributed by atoms with E-state index in [9.17, 15) is 20.1 Å². The van der Waals surface area contributed by atoms with E-state index in [4.69, 9.17) is 18.9 Å². The summed E-state index contributed by atoms with van der Waals surface area (Å²) in [6.07, 6.45) is -4.97. The lowest BCUT2D eigenvalue weighted by Crippen LogP contribution is -2.55. The molecule has 0 aliphatic carbocycles. The third-order valence-corrected chi connectivity index (χ3v) is 5.33. The van der Waals surface area contributed by atoms with Crippen LogP contribution < -0.4 is 4.74 Å². The number of carbonyl (C=O) groups excluding carboxylic acids is 1. The summed E-state index contributed by atoms with van der Waals surface area (Å²) in [5.74, 6) is 0.427. The zero-order chi connectivity index (χ0) is 22.4. The first kappa shape index (κ1) is 24.6. The van der Waals surface area contributed by atoms with Gasteiger partial charge in [-0.2, -0.15) is 0 Å². The van der Waals surface area contributed by atoms with Gasteiger partial charge in [-0.25, -0.2) is 4.79 Å². The van der Waals surface area contributed by atoms with Gasteiger partial charge in [0.25, 0.3) is 0 Å². The highest BCUT2D eigenvalue weighted by atomic mass is 16.7. The van der Waals surface area contributed by atoms with Crippen molar-refractivity contribution in [1.82, 2.24) is 0 Å². The standard InChI is InChI=1S/C22H34O8/c1-12(2)15-7-6-8-16(13(3)4)20(15)30-22(26)28-10-9-27-21-19(25)18(24)14(5)17(11-23)29-21/h6-8,12-14,17-19,21,23-25H,9-11H2,1-5H3/t14-,17?,18?,19-,21+/m1/s1. The van der Waals surface area contributed by atoms with E-state index in [0.717, 1.165) is 11.1 Å². The summed E-state index contributed by atoms with van der Waals surface area (Å²) in [5.41, 5.74) is 1.84. The second-order valence-corrected chi connectivity index (χ2v) is 8.21. The summed E-state index contributed by atoms with van der Waals surface area (Å²) in [5, 5.41) is 29.4. The molecule has 2 rings (SSSR count). The Morgan fingerprint density at radius 2 is 1.67 bits per heavy atom. The first-order chi connectivity index (χ1) is 14.2. The van der Waals surface area contributed by atoms with E-state index in [1.165, 1.54) is 0 Å². The van der Waals surface area contributed by atoms with Gasteiger partial charge in [0.1, 0.15) is 18.5 Å². The Labute approximate surface area is 177 Å². The Morgan fingerprint density at radius 1 is 1.07 bits per heavy atom. The summed E-state index contributed by atoms with van der Waals surface area (Å²) in [6, 6.07) is 5.79. The van der Waals surface area contributed by atoms with Crippen LogP contribution in [0.5, 0.6) is 5.75 Å². The summed E-state index contributed by atoms with van der Waals surface area (Å²) >= 11 is 0.